The van der Waals surface area contributed by atoms with Crippen LogP contribution in [0.15, 0.2) is 0 Å². The van der Waals surface area contributed by atoms with Crippen LogP contribution in [0.4, 0.5) is 0 Å². The molecule has 0 heterocycles. The summed E-state index contributed by atoms with van der Waals surface area (Å²) in [6, 6.07) is 0. The molecule has 6 N–H and O–H groups in total. The molecule has 0 saturated heterocycles. The first-order valence-corrected chi connectivity index (χ1v) is 7.66. The lowest BCUT2D eigenvalue weighted by Gasteiger charge is -2.04. The van der Waals surface area contributed by atoms with Crippen molar-refractivity contribution in [1.82, 2.24) is 5.32 Å². The van der Waals surface area contributed by atoms with Crippen LogP contribution in [-0.2, 0) is 9.36 Å². The Kier molecular flexibility index (Phi) is 13.8. The number of carbonyl (C=O) groups is 1. The normalized spacial score (nSPS) is 10.8. The number of phosphoric acid groups is 1. The van der Waals surface area contributed by atoms with E-state index in [1.165, 1.54) is 0 Å². The molecule has 0 rings (SSSR count). The zero-order valence-electron chi connectivity index (χ0n) is 9.76. The van der Waals surface area contributed by atoms with Gasteiger partial charge in [-0.1, -0.05) is 36.0 Å². The number of nitrogens with two attached hydrogens (primary N) is 1. The molecule has 0 atom stereocenters. The quantitative estimate of drug-likeness (QED) is 0.263. The summed E-state index contributed by atoms with van der Waals surface area (Å²) >= 11 is 10.7. The fourth-order valence-corrected chi connectivity index (χ4v) is 1.07. The van der Waals surface area contributed by atoms with Gasteiger partial charge >= 0.3 is 7.82 Å². The van der Waals surface area contributed by atoms with Gasteiger partial charge in [0.15, 0.2) is 4.84 Å². The van der Waals surface area contributed by atoms with E-state index in [9.17, 15) is 4.79 Å². The van der Waals surface area contributed by atoms with Crippen LogP contribution in [0.5, 0.6) is 0 Å². The Morgan fingerprint density at radius 3 is 2.00 bits per heavy atom. The third kappa shape index (κ3) is 25.1. The largest absolute Gasteiger partial charge is 0.466 e. The van der Waals surface area contributed by atoms with E-state index in [4.69, 9.17) is 48.2 Å². The fraction of sp³-hybridized carbons (Fsp3) is 0.875. The third-order valence-electron chi connectivity index (χ3n) is 1.63. The van der Waals surface area contributed by atoms with Gasteiger partial charge < -0.3 is 25.7 Å². The van der Waals surface area contributed by atoms with Gasteiger partial charge in [-0.3, -0.25) is 4.79 Å². The second-order valence-electron chi connectivity index (χ2n) is 3.31. The summed E-state index contributed by atoms with van der Waals surface area (Å²) in [6.07, 6.45) is 4.18. The second kappa shape index (κ2) is 12.2. The van der Waals surface area contributed by atoms with Crippen LogP contribution in [0.3, 0.4) is 0 Å². The Balaban J connectivity index is 0. The number of halogens is 2. The number of amides is 1. The van der Waals surface area contributed by atoms with Crippen molar-refractivity contribution in [3.05, 3.63) is 0 Å². The lowest BCUT2D eigenvalue weighted by atomic mass is 10.2. The zero-order valence-corrected chi connectivity index (χ0v) is 12.2. The molecule has 0 radical (unpaired) electrons. The molecule has 1 amide bonds. The summed E-state index contributed by atoms with van der Waals surface area (Å²) in [5, 5.41) is 2.62. The summed E-state index contributed by atoms with van der Waals surface area (Å²) in [4.78, 5) is 31.4. The summed E-state index contributed by atoms with van der Waals surface area (Å²) < 4.78 is 8.88. The smallest absolute Gasteiger partial charge is 0.354 e. The number of unbranched alkanes of at least 4 members (excludes halogenated alkanes) is 3. The first-order valence-electron chi connectivity index (χ1n) is 5.22. The van der Waals surface area contributed by atoms with E-state index in [0.717, 1.165) is 32.2 Å². The van der Waals surface area contributed by atoms with E-state index < -0.39 is 12.7 Å². The van der Waals surface area contributed by atoms with Crippen LogP contribution in [0.25, 0.3) is 0 Å². The van der Waals surface area contributed by atoms with Gasteiger partial charge in [0, 0.05) is 6.54 Å². The highest BCUT2D eigenvalue weighted by molar-refractivity contribution is 7.45. The number of rotatable bonds is 7. The van der Waals surface area contributed by atoms with Crippen molar-refractivity contribution >= 4 is 36.9 Å². The predicted octanol–water partition coefficient (Wildman–Crippen LogP) is 0.497. The van der Waals surface area contributed by atoms with Gasteiger partial charge in [0.05, 0.1) is 0 Å². The molecule has 0 aromatic heterocycles. The number of alkyl halides is 2. The van der Waals surface area contributed by atoms with Crippen molar-refractivity contribution < 1.29 is 24.0 Å². The first kappa shape index (κ1) is 20.4. The molecule has 0 aromatic carbocycles. The summed E-state index contributed by atoms with van der Waals surface area (Å²) in [5.41, 5.74) is 5.33. The van der Waals surface area contributed by atoms with Crippen LogP contribution in [0.2, 0.25) is 0 Å². The second-order valence-corrected chi connectivity index (χ2v) is 5.43. The van der Waals surface area contributed by atoms with E-state index in [1.54, 1.807) is 0 Å². The molecule has 7 nitrogen and oxygen atoms in total. The van der Waals surface area contributed by atoms with Crippen molar-refractivity contribution in [3.8, 4) is 0 Å². The molecule has 110 valence electrons. The standard InChI is InChI=1S/C8H16Cl2N2O.H3O4P/c9-7(10)8(13)12-6-4-2-1-3-5-11;1-5(2,3)4/h7H,1-6,11H2,(H,12,13);(H3,1,2,3,4). The van der Waals surface area contributed by atoms with Crippen LogP contribution >= 0.6 is 31.0 Å². The first-order chi connectivity index (χ1) is 8.18. The fourth-order valence-electron chi connectivity index (χ4n) is 0.912. The molecule has 10 heteroatoms. The SMILES string of the molecule is NCCCCCCNC(=O)C(Cl)Cl.O=P(O)(O)O. The van der Waals surface area contributed by atoms with Gasteiger partial charge in [0.2, 0.25) is 0 Å². The van der Waals surface area contributed by atoms with E-state index in [1.807, 2.05) is 0 Å². The van der Waals surface area contributed by atoms with Gasteiger partial charge in [-0.05, 0) is 19.4 Å². The molecule has 0 spiro atoms. The van der Waals surface area contributed by atoms with Crippen molar-refractivity contribution in [2.45, 2.75) is 30.5 Å². The van der Waals surface area contributed by atoms with Gasteiger partial charge in [-0.25, -0.2) is 4.57 Å². The van der Waals surface area contributed by atoms with Crippen molar-refractivity contribution in [1.29, 1.82) is 0 Å². The van der Waals surface area contributed by atoms with E-state index in [2.05, 4.69) is 5.32 Å². The molecular formula is C8H19Cl2N2O5P. The molecule has 0 aliphatic heterocycles. The maximum atomic E-state index is 10.8. The Morgan fingerprint density at radius 1 is 1.17 bits per heavy atom. The van der Waals surface area contributed by atoms with Gasteiger partial charge in [-0.2, -0.15) is 0 Å². The van der Waals surface area contributed by atoms with Crippen LogP contribution in [0.1, 0.15) is 25.7 Å². The molecule has 18 heavy (non-hydrogen) atoms. The number of hydrogen-bond donors (Lipinski definition) is 5. The minimum Gasteiger partial charge on any atom is -0.354 e. The minimum atomic E-state index is -4.64. The highest BCUT2D eigenvalue weighted by atomic mass is 35.5. The maximum absolute atomic E-state index is 10.8. The number of hydrogen-bond acceptors (Lipinski definition) is 3. The molecular weight excluding hydrogens is 306 g/mol. The van der Waals surface area contributed by atoms with Crippen LogP contribution < -0.4 is 11.1 Å². The van der Waals surface area contributed by atoms with Crippen molar-refractivity contribution in [2.75, 3.05) is 13.1 Å². The number of nitrogens with one attached hydrogen (secondary N) is 1. The van der Waals surface area contributed by atoms with E-state index in [0.29, 0.717) is 6.54 Å². The predicted molar refractivity (Wildman–Crippen MR) is 70.3 cm³/mol. The molecule has 0 aromatic rings. The van der Waals surface area contributed by atoms with Gasteiger partial charge in [0.25, 0.3) is 5.91 Å². The monoisotopic (exact) mass is 324 g/mol. The number of carbonyl (C=O) groups excluding carboxylic acids is 1. The van der Waals surface area contributed by atoms with E-state index >= 15 is 0 Å². The average molecular weight is 325 g/mol. The van der Waals surface area contributed by atoms with Gasteiger partial charge in [0.1, 0.15) is 0 Å². The summed E-state index contributed by atoms with van der Waals surface area (Å²) in [5.74, 6) is -0.317. The topological polar surface area (TPSA) is 133 Å². The third-order valence-corrected chi connectivity index (χ3v) is 2.02. The molecule has 0 aliphatic carbocycles. The highest BCUT2D eigenvalue weighted by Gasteiger charge is 2.09. The Hall–Kier alpha value is 0.120. The lowest BCUT2D eigenvalue weighted by Crippen LogP contribution is -2.29. The van der Waals surface area contributed by atoms with Gasteiger partial charge in [-0.15, -0.1) is 0 Å². The Morgan fingerprint density at radius 2 is 1.61 bits per heavy atom. The maximum Gasteiger partial charge on any atom is 0.466 e. The van der Waals surface area contributed by atoms with Crippen LogP contribution in [-0.4, -0.2) is 38.5 Å². The lowest BCUT2D eigenvalue weighted by molar-refractivity contribution is -0.119. The molecule has 0 fully saturated rings. The molecule has 0 saturated carbocycles. The van der Waals surface area contributed by atoms with Crippen molar-refractivity contribution in [2.24, 2.45) is 5.73 Å². The highest BCUT2D eigenvalue weighted by Crippen LogP contribution is 2.25. The molecule has 0 bridgehead atoms. The average Bonchev–Trinajstić information content (AvgIpc) is 2.20. The van der Waals surface area contributed by atoms with Crippen molar-refractivity contribution in [3.63, 3.8) is 0 Å². The molecule has 0 unspecified atom stereocenters. The summed E-state index contributed by atoms with van der Waals surface area (Å²) in [6.45, 7) is 1.37. The van der Waals surface area contributed by atoms with Crippen LogP contribution in [0, 0.1) is 0 Å². The Labute approximate surface area is 116 Å². The Bertz CT molecular complexity index is 254. The minimum absolute atomic E-state index is 0.317. The van der Waals surface area contributed by atoms with E-state index in [-0.39, 0.29) is 5.91 Å². The summed E-state index contributed by atoms with van der Waals surface area (Å²) in [7, 11) is -4.64. The molecule has 0 aliphatic rings. The zero-order chi connectivity index (χ0) is 14.6.